The van der Waals surface area contributed by atoms with Crippen LogP contribution in [0.15, 0.2) is 28.8 Å². The van der Waals surface area contributed by atoms with E-state index in [0.717, 1.165) is 23.4 Å². The summed E-state index contributed by atoms with van der Waals surface area (Å²) >= 11 is 1.85. The maximum Gasteiger partial charge on any atom is 0.139 e. The molecular formula is C22H30N2OS. The first-order valence-electron chi connectivity index (χ1n) is 9.55. The van der Waals surface area contributed by atoms with Crippen molar-refractivity contribution in [3.63, 3.8) is 0 Å². The number of hydrogen-bond acceptors (Lipinski definition) is 4. The minimum absolute atomic E-state index is 0.00566. The first-order valence-corrected chi connectivity index (χ1v) is 10.4. The van der Waals surface area contributed by atoms with Crippen LogP contribution in [0, 0.1) is 0 Å². The smallest absolute Gasteiger partial charge is 0.139 e. The van der Waals surface area contributed by atoms with Crippen molar-refractivity contribution in [1.82, 2.24) is 10.1 Å². The second-order valence-electron chi connectivity index (χ2n) is 8.67. The number of nitrogens with zero attached hydrogens (tertiary/aromatic N) is 2. The molecule has 0 aliphatic carbocycles. The van der Waals surface area contributed by atoms with E-state index in [1.807, 2.05) is 11.3 Å². The molecule has 0 saturated carbocycles. The van der Waals surface area contributed by atoms with Gasteiger partial charge >= 0.3 is 0 Å². The van der Waals surface area contributed by atoms with Crippen LogP contribution in [0.4, 0.5) is 0 Å². The van der Waals surface area contributed by atoms with Crippen LogP contribution >= 0.6 is 11.3 Å². The second kappa shape index (κ2) is 7.15. The molecule has 26 heavy (non-hydrogen) atoms. The Morgan fingerprint density at radius 3 is 2.42 bits per heavy atom. The monoisotopic (exact) mass is 370 g/mol. The fraction of sp³-hybridized carbons (Fsp3) is 0.545. The number of hydrogen-bond donors (Lipinski definition) is 0. The van der Waals surface area contributed by atoms with Gasteiger partial charge in [-0.05, 0) is 24.0 Å². The molecule has 0 radical (unpaired) electrons. The largest absolute Gasteiger partial charge is 0.361 e. The topological polar surface area (TPSA) is 38.9 Å². The predicted octanol–water partition coefficient (Wildman–Crippen LogP) is 7.00. The Kier molecular flexibility index (Phi) is 5.25. The Morgan fingerprint density at radius 1 is 1.08 bits per heavy atom. The molecular weight excluding hydrogens is 340 g/mol. The van der Waals surface area contributed by atoms with Crippen molar-refractivity contribution in [2.45, 2.75) is 78.1 Å². The quantitative estimate of drug-likeness (QED) is 0.469. The van der Waals surface area contributed by atoms with Crippen molar-refractivity contribution >= 4 is 21.6 Å². The number of thiazole rings is 1. The van der Waals surface area contributed by atoms with Gasteiger partial charge in [-0.2, -0.15) is 0 Å². The fourth-order valence-electron chi connectivity index (χ4n) is 3.48. The molecule has 2 heterocycles. The van der Waals surface area contributed by atoms with E-state index in [0.29, 0.717) is 17.8 Å². The summed E-state index contributed by atoms with van der Waals surface area (Å²) in [6.45, 7) is 15.6. The highest BCUT2D eigenvalue weighted by Crippen LogP contribution is 2.40. The minimum atomic E-state index is -0.00566. The second-order valence-corrected chi connectivity index (χ2v) is 9.67. The lowest BCUT2D eigenvalue weighted by Gasteiger charge is -2.24. The summed E-state index contributed by atoms with van der Waals surface area (Å²) in [5.41, 5.74) is 3.56. The number of rotatable bonds is 6. The van der Waals surface area contributed by atoms with Gasteiger partial charge in [0, 0.05) is 23.3 Å². The van der Waals surface area contributed by atoms with E-state index in [2.05, 4.69) is 77.9 Å². The van der Waals surface area contributed by atoms with Gasteiger partial charge in [-0.1, -0.05) is 65.8 Å². The lowest BCUT2D eigenvalue weighted by Crippen LogP contribution is -2.19. The van der Waals surface area contributed by atoms with E-state index >= 15 is 0 Å². The SMILES string of the molecule is CC(C)c1cc(C(C)CC(C)(C)c2nc3cccc(C(C)C)c3s2)no1. The Balaban J connectivity index is 1.87. The summed E-state index contributed by atoms with van der Waals surface area (Å²) < 4.78 is 6.83. The van der Waals surface area contributed by atoms with Crippen molar-refractivity contribution < 1.29 is 4.52 Å². The number of benzene rings is 1. The van der Waals surface area contributed by atoms with Crippen LogP contribution in [0.2, 0.25) is 0 Å². The third-order valence-electron chi connectivity index (χ3n) is 5.08. The van der Waals surface area contributed by atoms with Gasteiger partial charge in [0.05, 0.1) is 20.9 Å². The Labute approximate surface area is 160 Å². The van der Waals surface area contributed by atoms with Gasteiger partial charge in [0.15, 0.2) is 0 Å². The van der Waals surface area contributed by atoms with Crippen molar-refractivity contribution in [3.05, 3.63) is 46.3 Å². The van der Waals surface area contributed by atoms with E-state index in [9.17, 15) is 0 Å². The minimum Gasteiger partial charge on any atom is -0.361 e. The molecule has 0 aliphatic rings. The first kappa shape index (κ1) is 19.1. The third kappa shape index (κ3) is 3.71. The van der Waals surface area contributed by atoms with E-state index in [1.165, 1.54) is 15.3 Å². The van der Waals surface area contributed by atoms with Crippen LogP contribution in [0.5, 0.6) is 0 Å². The summed E-state index contributed by atoms with van der Waals surface area (Å²) in [4.78, 5) is 4.98. The molecule has 0 fully saturated rings. The molecule has 0 spiro atoms. The summed E-state index contributed by atoms with van der Waals surface area (Å²) in [5.74, 6) is 2.18. The van der Waals surface area contributed by atoms with Crippen LogP contribution in [0.1, 0.15) is 94.7 Å². The average molecular weight is 371 g/mol. The molecule has 140 valence electrons. The summed E-state index contributed by atoms with van der Waals surface area (Å²) in [5, 5.41) is 5.51. The Hall–Kier alpha value is -1.68. The predicted molar refractivity (Wildman–Crippen MR) is 110 cm³/mol. The maximum atomic E-state index is 5.49. The van der Waals surface area contributed by atoms with Crippen LogP contribution < -0.4 is 0 Å². The third-order valence-corrected chi connectivity index (χ3v) is 6.57. The Bertz CT molecular complexity index is 889. The fourth-order valence-corrected chi connectivity index (χ4v) is 4.82. The molecule has 0 bridgehead atoms. The maximum absolute atomic E-state index is 5.49. The van der Waals surface area contributed by atoms with Gasteiger partial charge in [0.2, 0.25) is 0 Å². The van der Waals surface area contributed by atoms with Crippen molar-refractivity contribution in [3.8, 4) is 0 Å². The molecule has 0 amide bonds. The molecule has 1 aromatic carbocycles. The normalized spacial score (nSPS) is 13.9. The molecule has 1 atom stereocenters. The highest BCUT2D eigenvalue weighted by molar-refractivity contribution is 7.18. The summed E-state index contributed by atoms with van der Waals surface area (Å²) in [6.07, 6.45) is 0.994. The zero-order valence-corrected chi connectivity index (χ0v) is 17.8. The molecule has 2 aromatic heterocycles. The van der Waals surface area contributed by atoms with Gasteiger partial charge < -0.3 is 4.52 Å². The lowest BCUT2D eigenvalue weighted by atomic mass is 9.82. The van der Waals surface area contributed by atoms with Crippen LogP contribution in [0.25, 0.3) is 10.2 Å². The van der Waals surface area contributed by atoms with Gasteiger partial charge in [-0.25, -0.2) is 4.98 Å². The van der Waals surface area contributed by atoms with Crippen molar-refractivity contribution in [1.29, 1.82) is 0 Å². The molecule has 0 N–H and O–H groups in total. The van der Waals surface area contributed by atoms with Crippen molar-refractivity contribution in [2.24, 2.45) is 0 Å². The van der Waals surface area contributed by atoms with E-state index in [1.54, 1.807) is 0 Å². The Morgan fingerprint density at radius 2 is 1.81 bits per heavy atom. The highest BCUT2D eigenvalue weighted by Gasteiger charge is 2.29. The molecule has 0 saturated heterocycles. The summed E-state index contributed by atoms with van der Waals surface area (Å²) in [6, 6.07) is 8.60. The number of fused-ring (bicyclic) bond motifs is 1. The van der Waals surface area contributed by atoms with Gasteiger partial charge in [-0.15, -0.1) is 11.3 Å². The molecule has 1 unspecified atom stereocenters. The molecule has 3 aromatic rings. The van der Waals surface area contributed by atoms with Gasteiger partial charge in [-0.3, -0.25) is 0 Å². The zero-order chi connectivity index (χ0) is 19.1. The molecule has 0 aliphatic heterocycles. The van der Waals surface area contributed by atoms with Crippen LogP contribution in [-0.2, 0) is 5.41 Å². The van der Waals surface area contributed by atoms with Crippen LogP contribution in [0.3, 0.4) is 0 Å². The highest BCUT2D eigenvalue weighted by atomic mass is 32.1. The molecule has 4 heteroatoms. The first-order chi connectivity index (χ1) is 12.2. The lowest BCUT2D eigenvalue weighted by molar-refractivity contribution is 0.354. The summed E-state index contributed by atoms with van der Waals surface area (Å²) in [7, 11) is 0. The van der Waals surface area contributed by atoms with Gasteiger partial charge in [0.25, 0.3) is 0 Å². The van der Waals surface area contributed by atoms with E-state index in [4.69, 9.17) is 9.51 Å². The van der Waals surface area contributed by atoms with E-state index < -0.39 is 0 Å². The number of aromatic nitrogens is 2. The average Bonchev–Trinajstić information content (AvgIpc) is 3.21. The molecule has 3 rings (SSSR count). The van der Waals surface area contributed by atoms with E-state index in [-0.39, 0.29) is 5.41 Å². The van der Waals surface area contributed by atoms with Crippen LogP contribution in [-0.4, -0.2) is 10.1 Å². The van der Waals surface area contributed by atoms with Gasteiger partial charge in [0.1, 0.15) is 5.76 Å². The van der Waals surface area contributed by atoms with Crippen molar-refractivity contribution in [2.75, 3.05) is 0 Å². The molecule has 3 nitrogen and oxygen atoms in total. The standard InChI is InChI=1S/C22H30N2OS/c1-13(2)16-9-8-10-17-20(16)26-21(23-17)22(6,7)12-15(5)18-11-19(14(3)4)25-24-18/h8-11,13-15H,12H2,1-7H3. The zero-order valence-electron chi connectivity index (χ0n) is 17.0.